The summed E-state index contributed by atoms with van der Waals surface area (Å²) in [5, 5.41) is 4.55. The van der Waals surface area contributed by atoms with Crippen molar-refractivity contribution in [3.05, 3.63) is 17.5 Å². The van der Waals surface area contributed by atoms with E-state index in [1.165, 1.54) is 11.4 Å². The molecular formula is C11H19N3. The largest absolute Gasteiger partial charge is 0.293 e. The molecule has 3 nitrogen and oxygen atoms in total. The Morgan fingerprint density at radius 3 is 2.86 bits per heavy atom. The van der Waals surface area contributed by atoms with Crippen molar-refractivity contribution in [3.63, 3.8) is 0 Å². The molecule has 1 aliphatic rings. The molecule has 0 radical (unpaired) electrons. The third-order valence-corrected chi connectivity index (χ3v) is 2.97. The number of hydrogen-bond acceptors (Lipinski definition) is 2. The third kappa shape index (κ3) is 1.69. The Labute approximate surface area is 85.7 Å². The van der Waals surface area contributed by atoms with E-state index in [1.54, 1.807) is 0 Å². The fourth-order valence-corrected chi connectivity index (χ4v) is 1.96. The van der Waals surface area contributed by atoms with Crippen LogP contribution in [0.2, 0.25) is 0 Å². The predicted molar refractivity (Wildman–Crippen MR) is 57.2 cm³/mol. The van der Waals surface area contributed by atoms with Crippen LogP contribution in [0.15, 0.2) is 6.07 Å². The standard InChI is InChI=1S/C11H19N3/c1-4-10-7-11-8-13(9(2)3)5-6-14(11)12-10/h7,9H,4-6,8H2,1-3H3. The van der Waals surface area contributed by atoms with Gasteiger partial charge in [0.05, 0.1) is 17.9 Å². The number of rotatable bonds is 2. The number of aryl methyl sites for hydroxylation is 1. The van der Waals surface area contributed by atoms with Crippen molar-refractivity contribution in [1.29, 1.82) is 0 Å². The zero-order valence-electron chi connectivity index (χ0n) is 9.32. The Hall–Kier alpha value is -0.830. The Morgan fingerprint density at radius 1 is 1.43 bits per heavy atom. The van der Waals surface area contributed by atoms with Crippen LogP contribution in [0, 0.1) is 0 Å². The van der Waals surface area contributed by atoms with Crippen LogP contribution in [0.25, 0.3) is 0 Å². The summed E-state index contributed by atoms with van der Waals surface area (Å²) in [6.07, 6.45) is 1.04. The van der Waals surface area contributed by atoms with Crippen LogP contribution < -0.4 is 0 Å². The topological polar surface area (TPSA) is 21.1 Å². The van der Waals surface area contributed by atoms with Gasteiger partial charge in [0.25, 0.3) is 0 Å². The first-order valence-electron chi connectivity index (χ1n) is 5.50. The van der Waals surface area contributed by atoms with Crippen molar-refractivity contribution in [2.24, 2.45) is 0 Å². The first kappa shape index (κ1) is 9.71. The van der Waals surface area contributed by atoms with Crippen LogP contribution in [0.3, 0.4) is 0 Å². The molecule has 0 atom stereocenters. The van der Waals surface area contributed by atoms with Crippen molar-refractivity contribution in [2.75, 3.05) is 6.54 Å². The third-order valence-electron chi connectivity index (χ3n) is 2.97. The van der Waals surface area contributed by atoms with E-state index in [0.29, 0.717) is 6.04 Å². The van der Waals surface area contributed by atoms with Gasteiger partial charge in [0, 0.05) is 19.1 Å². The number of fused-ring (bicyclic) bond motifs is 1. The van der Waals surface area contributed by atoms with Crippen molar-refractivity contribution in [1.82, 2.24) is 14.7 Å². The summed E-state index contributed by atoms with van der Waals surface area (Å²) >= 11 is 0. The number of nitrogens with zero attached hydrogens (tertiary/aromatic N) is 3. The minimum atomic E-state index is 0.642. The van der Waals surface area contributed by atoms with Crippen molar-refractivity contribution in [3.8, 4) is 0 Å². The highest BCUT2D eigenvalue weighted by Crippen LogP contribution is 2.15. The molecule has 0 fully saturated rings. The quantitative estimate of drug-likeness (QED) is 0.712. The molecule has 0 amide bonds. The Balaban J connectivity index is 2.17. The maximum Gasteiger partial charge on any atom is 0.0625 e. The molecule has 78 valence electrons. The number of aromatic nitrogens is 2. The average molecular weight is 193 g/mol. The van der Waals surface area contributed by atoms with E-state index in [9.17, 15) is 0 Å². The molecule has 0 saturated carbocycles. The fraction of sp³-hybridized carbons (Fsp3) is 0.727. The van der Waals surface area contributed by atoms with Crippen LogP contribution in [0.1, 0.15) is 32.2 Å². The summed E-state index contributed by atoms with van der Waals surface area (Å²) in [6.45, 7) is 9.92. The van der Waals surface area contributed by atoms with Crippen LogP contribution >= 0.6 is 0 Å². The highest BCUT2D eigenvalue weighted by molar-refractivity contribution is 5.11. The maximum absolute atomic E-state index is 4.55. The average Bonchev–Trinajstić information content (AvgIpc) is 2.58. The van der Waals surface area contributed by atoms with Gasteiger partial charge >= 0.3 is 0 Å². The molecule has 0 aromatic carbocycles. The van der Waals surface area contributed by atoms with Gasteiger partial charge in [-0.2, -0.15) is 5.10 Å². The van der Waals surface area contributed by atoms with Crippen LogP contribution in [0.5, 0.6) is 0 Å². The number of hydrogen-bond donors (Lipinski definition) is 0. The molecule has 0 unspecified atom stereocenters. The second-order valence-corrected chi connectivity index (χ2v) is 4.27. The van der Waals surface area contributed by atoms with Gasteiger partial charge in [-0.15, -0.1) is 0 Å². The molecule has 1 aromatic heterocycles. The second-order valence-electron chi connectivity index (χ2n) is 4.27. The first-order chi connectivity index (χ1) is 6.70. The Kier molecular flexibility index (Phi) is 2.59. The molecule has 0 bridgehead atoms. The Bertz CT molecular complexity index is 314. The summed E-state index contributed by atoms with van der Waals surface area (Å²) < 4.78 is 2.16. The molecule has 14 heavy (non-hydrogen) atoms. The van der Waals surface area contributed by atoms with Crippen LogP contribution in [-0.2, 0) is 19.5 Å². The van der Waals surface area contributed by atoms with Gasteiger partial charge in [-0.25, -0.2) is 0 Å². The molecule has 0 aliphatic carbocycles. The van der Waals surface area contributed by atoms with Gasteiger partial charge < -0.3 is 0 Å². The van der Waals surface area contributed by atoms with E-state index in [0.717, 1.165) is 26.1 Å². The minimum absolute atomic E-state index is 0.642. The second kappa shape index (κ2) is 3.73. The van der Waals surface area contributed by atoms with Gasteiger partial charge in [0.15, 0.2) is 0 Å². The summed E-state index contributed by atoms with van der Waals surface area (Å²) in [4.78, 5) is 2.50. The van der Waals surface area contributed by atoms with E-state index >= 15 is 0 Å². The lowest BCUT2D eigenvalue weighted by Gasteiger charge is -2.30. The molecule has 2 heterocycles. The summed E-state index contributed by atoms with van der Waals surface area (Å²) in [5.74, 6) is 0. The molecule has 2 rings (SSSR count). The molecule has 0 N–H and O–H groups in total. The highest BCUT2D eigenvalue weighted by atomic mass is 15.3. The molecule has 3 heteroatoms. The van der Waals surface area contributed by atoms with Crippen molar-refractivity contribution >= 4 is 0 Å². The van der Waals surface area contributed by atoms with Crippen molar-refractivity contribution in [2.45, 2.75) is 46.3 Å². The summed E-state index contributed by atoms with van der Waals surface area (Å²) in [6, 6.07) is 2.89. The monoisotopic (exact) mass is 193 g/mol. The van der Waals surface area contributed by atoms with Gasteiger partial charge in [0.1, 0.15) is 0 Å². The predicted octanol–water partition coefficient (Wildman–Crippen LogP) is 1.67. The van der Waals surface area contributed by atoms with Gasteiger partial charge in [-0.05, 0) is 26.3 Å². The Morgan fingerprint density at radius 2 is 2.21 bits per heavy atom. The van der Waals surface area contributed by atoms with E-state index in [1.807, 2.05) is 0 Å². The van der Waals surface area contributed by atoms with Gasteiger partial charge in [-0.1, -0.05) is 6.92 Å². The molecular weight excluding hydrogens is 174 g/mol. The first-order valence-corrected chi connectivity index (χ1v) is 5.50. The molecule has 1 aromatic rings. The fourth-order valence-electron chi connectivity index (χ4n) is 1.96. The van der Waals surface area contributed by atoms with Gasteiger partial charge in [-0.3, -0.25) is 9.58 Å². The van der Waals surface area contributed by atoms with Crippen molar-refractivity contribution < 1.29 is 0 Å². The lowest BCUT2D eigenvalue weighted by Crippen LogP contribution is -2.38. The highest BCUT2D eigenvalue weighted by Gasteiger charge is 2.19. The lowest BCUT2D eigenvalue weighted by molar-refractivity contribution is 0.171. The zero-order valence-corrected chi connectivity index (χ0v) is 9.32. The van der Waals surface area contributed by atoms with E-state index in [2.05, 4.69) is 41.5 Å². The van der Waals surface area contributed by atoms with Crippen LogP contribution in [0.4, 0.5) is 0 Å². The summed E-state index contributed by atoms with van der Waals surface area (Å²) in [7, 11) is 0. The lowest BCUT2D eigenvalue weighted by atomic mass is 10.2. The molecule has 1 aliphatic heterocycles. The van der Waals surface area contributed by atoms with E-state index < -0.39 is 0 Å². The smallest absolute Gasteiger partial charge is 0.0625 e. The van der Waals surface area contributed by atoms with Crippen LogP contribution in [-0.4, -0.2) is 27.3 Å². The SMILES string of the molecule is CCc1cc2n(n1)CCN(C(C)C)C2. The molecule has 0 saturated heterocycles. The maximum atomic E-state index is 4.55. The zero-order chi connectivity index (χ0) is 10.1. The minimum Gasteiger partial charge on any atom is -0.293 e. The van der Waals surface area contributed by atoms with E-state index in [-0.39, 0.29) is 0 Å². The van der Waals surface area contributed by atoms with E-state index in [4.69, 9.17) is 0 Å². The van der Waals surface area contributed by atoms with Gasteiger partial charge in [0.2, 0.25) is 0 Å². The summed E-state index contributed by atoms with van der Waals surface area (Å²) in [5.41, 5.74) is 2.60. The molecule has 0 spiro atoms. The normalized spacial score (nSPS) is 17.4.